The average molecular weight is 344 g/mol. The van der Waals surface area contributed by atoms with Gasteiger partial charge in [0.25, 0.3) is 5.91 Å². The van der Waals surface area contributed by atoms with Gasteiger partial charge in [0.2, 0.25) is 0 Å². The Morgan fingerprint density at radius 2 is 2.20 bits per heavy atom. The Hall–Kier alpha value is -1.43. The van der Waals surface area contributed by atoms with Gasteiger partial charge in [-0.2, -0.15) is 0 Å². The lowest BCUT2D eigenvalue weighted by Gasteiger charge is -2.27. The molecule has 1 aromatic carbocycles. The van der Waals surface area contributed by atoms with Crippen LogP contribution in [0.15, 0.2) is 22.7 Å². The largest absolute Gasteiger partial charge is 0.481 e. The van der Waals surface area contributed by atoms with Crippen LogP contribution in [0, 0.1) is 11.2 Å². The molecule has 2 unspecified atom stereocenters. The third-order valence-corrected chi connectivity index (χ3v) is 4.42. The summed E-state index contributed by atoms with van der Waals surface area (Å²) in [4.78, 5) is 23.4. The Morgan fingerprint density at radius 3 is 2.80 bits per heavy atom. The number of hydrogen-bond donors (Lipinski definition) is 2. The highest BCUT2D eigenvalue weighted by Crippen LogP contribution is 2.38. The number of carbonyl (C=O) groups excluding carboxylic acids is 1. The number of halogens is 2. The molecule has 2 N–H and O–H groups in total. The monoisotopic (exact) mass is 343 g/mol. The first-order valence-electron chi connectivity index (χ1n) is 6.34. The molecule has 1 fully saturated rings. The van der Waals surface area contributed by atoms with E-state index in [9.17, 15) is 19.1 Å². The van der Waals surface area contributed by atoms with Gasteiger partial charge in [0.05, 0.1) is 11.0 Å². The van der Waals surface area contributed by atoms with E-state index < -0.39 is 29.2 Å². The third kappa shape index (κ3) is 2.70. The van der Waals surface area contributed by atoms with E-state index in [-0.39, 0.29) is 5.56 Å². The van der Waals surface area contributed by atoms with E-state index in [0.717, 1.165) is 6.42 Å². The van der Waals surface area contributed by atoms with Gasteiger partial charge in [-0.25, -0.2) is 4.39 Å². The molecule has 0 radical (unpaired) electrons. The van der Waals surface area contributed by atoms with Gasteiger partial charge in [-0.05, 0) is 38.0 Å². The van der Waals surface area contributed by atoms with Gasteiger partial charge in [-0.1, -0.05) is 22.4 Å². The van der Waals surface area contributed by atoms with Crippen LogP contribution in [-0.2, 0) is 4.79 Å². The Kier molecular flexibility index (Phi) is 4.13. The predicted octanol–water partition coefficient (Wildman–Crippen LogP) is 2.96. The summed E-state index contributed by atoms with van der Waals surface area (Å²) in [7, 11) is 0. The highest BCUT2D eigenvalue weighted by Gasteiger charge is 2.46. The lowest BCUT2D eigenvalue weighted by Crippen LogP contribution is -2.47. The number of aliphatic carboxylic acids is 1. The summed E-state index contributed by atoms with van der Waals surface area (Å²) >= 11 is 3.12. The Labute approximate surface area is 124 Å². The zero-order valence-corrected chi connectivity index (χ0v) is 12.5. The van der Waals surface area contributed by atoms with Crippen LogP contribution >= 0.6 is 15.9 Å². The van der Waals surface area contributed by atoms with E-state index in [4.69, 9.17) is 0 Å². The molecule has 2 rings (SSSR count). The van der Waals surface area contributed by atoms with Crippen molar-refractivity contribution < 1.29 is 19.1 Å². The molecule has 0 heterocycles. The summed E-state index contributed by atoms with van der Waals surface area (Å²) in [6.07, 6.45) is 1.83. The second kappa shape index (κ2) is 5.52. The summed E-state index contributed by atoms with van der Waals surface area (Å²) in [6, 6.07) is 3.68. The van der Waals surface area contributed by atoms with Crippen molar-refractivity contribution in [2.45, 2.75) is 32.2 Å². The lowest BCUT2D eigenvalue weighted by atomic mass is 9.85. The van der Waals surface area contributed by atoms with Crippen molar-refractivity contribution >= 4 is 27.8 Å². The van der Waals surface area contributed by atoms with E-state index in [1.54, 1.807) is 13.0 Å². The number of benzene rings is 1. The maximum absolute atomic E-state index is 13.7. The Balaban J connectivity index is 2.17. The van der Waals surface area contributed by atoms with E-state index in [0.29, 0.717) is 17.3 Å². The first kappa shape index (κ1) is 15.0. The maximum atomic E-state index is 13.7. The Morgan fingerprint density at radius 1 is 1.50 bits per heavy atom. The molecule has 108 valence electrons. The molecular formula is C14H15BrFNO3. The fraction of sp³-hybridized carbons (Fsp3) is 0.429. The van der Waals surface area contributed by atoms with Crippen molar-refractivity contribution in [1.29, 1.82) is 0 Å². The summed E-state index contributed by atoms with van der Waals surface area (Å²) in [5.74, 6) is -2.14. The van der Waals surface area contributed by atoms with Crippen molar-refractivity contribution in [1.82, 2.24) is 5.32 Å². The smallest absolute Gasteiger partial charge is 0.311 e. The summed E-state index contributed by atoms with van der Waals surface area (Å²) in [5.41, 5.74) is -1.06. The topological polar surface area (TPSA) is 66.4 Å². The Bertz CT molecular complexity index is 563. The van der Waals surface area contributed by atoms with Crippen molar-refractivity contribution in [2.75, 3.05) is 0 Å². The molecule has 20 heavy (non-hydrogen) atoms. The van der Waals surface area contributed by atoms with Crippen LogP contribution in [-0.4, -0.2) is 23.0 Å². The number of carboxylic acids is 1. The second-order valence-corrected chi connectivity index (χ2v) is 6.18. The number of amides is 1. The van der Waals surface area contributed by atoms with Crippen molar-refractivity contribution in [3.8, 4) is 0 Å². The van der Waals surface area contributed by atoms with Crippen LogP contribution < -0.4 is 5.32 Å². The normalized spacial score (nSPS) is 25.4. The molecule has 0 saturated heterocycles. The minimum Gasteiger partial charge on any atom is -0.481 e. The van der Waals surface area contributed by atoms with E-state index in [2.05, 4.69) is 21.2 Å². The molecule has 2 atom stereocenters. The first-order chi connectivity index (χ1) is 9.34. The van der Waals surface area contributed by atoms with E-state index in [1.165, 1.54) is 12.1 Å². The summed E-state index contributed by atoms with van der Waals surface area (Å²) in [5, 5.41) is 11.9. The lowest BCUT2D eigenvalue weighted by molar-refractivity contribution is -0.148. The van der Waals surface area contributed by atoms with Crippen LogP contribution in [0.5, 0.6) is 0 Å². The maximum Gasteiger partial charge on any atom is 0.311 e. The highest BCUT2D eigenvalue weighted by atomic mass is 79.9. The molecule has 1 aliphatic carbocycles. The van der Waals surface area contributed by atoms with Crippen molar-refractivity contribution in [3.05, 3.63) is 34.1 Å². The quantitative estimate of drug-likeness (QED) is 0.886. The van der Waals surface area contributed by atoms with Crippen molar-refractivity contribution in [3.63, 3.8) is 0 Å². The number of carboxylic acid groups (broad SMARTS) is 1. The molecule has 0 aliphatic heterocycles. The van der Waals surface area contributed by atoms with E-state index in [1.807, 2.05) is 0 Å². The molecule has 4 nitrogen and oxygen atoms in total. The van der Waals surface area contributed by atoms with Gasteiger partial charge >= 0.3 is 5.97 Å². The van der Waals surface area contributed by atoms with Crippen LogP contribution in [0.4, 0.5) is 4.39 Å². The fourth-order valence-electron chi connectivity index (χ4n) is 2.56. The minimum absolute atomic E-state index is 0.0761. The predicted molar refractivity (Wildman–Crippen MR) is 74.9 cm³/mol. The average Bonchev–Trinajstić information content (AvgIpc) is 2.72. The minimum atomic E-state index is -0.985. The molecule has 1 amide bonds. The molecule has 0 bridgehead atoms. The molecule has 1 saturated carbocycles. The number of carbonyl (C=O) groups is 2. The third-order valence-electron chi connectivity index (χ3n) is 3.93. The zero-order valence-electron chi connectivity index (χ0n) is 11.0. The molecule has 6 heteroatoms. The zero-order chi connectivity index (χ0) is 14.9. The summed E-state index contributed by atoms with van der Waals surface area (Å²) in [6.45, 7) is 1.62. The van der Waals surface area contributed by atoms with Crippen LogP contribution in [0.2, 0.25) is 0 Å². The van der Waals surface area contributed by atoms with Gasteiger partial charge in [-0.15, -0.1) is 0 Å². The first-order valence-corrected chi connectivity index (χ1v) is 7.13. The van der Waals surface area contributed by atoms with E-state index >= 15 is 0 Å². The number of hydrogen-bond acceptors (Lipinski definition) is 2. The molecular weight excluding hydrogens is 329 g/mol. The van der Waals surface area contributed by atoms with Gasteiger partial charge in [0.1, 0.15) is 5.82 Å². The van der Waals surface area contributed by atoms with Gasteiger partial charge in [0, 0.05) is 10.5 Å². The van der Waals surface area contributed by atoms with Gasteiger partial charge in [0.15, 0.2) is 0 Å². The SMILES string of the molecule is CC1(C(=O)O)CCCC1NC(=O)c1ccc(Br)cc1F. The highest BCUT2D eigenvalue weighted by molar-refractivity contribution is 9.10. The molecule has 1 aromatic rings. The molecule has 0 aromatic heterocycles. The van der Waals surface area contributed by atoms with Crippen LogP contribution in [0.1, 0.15) is 36.5 Å². The standard InChI is InChI=1S/C14H15BrFNO3/c1-14(13(19)20)6-2-3-11(14)17-12(18)9-5-4-8(15)7-10(9)16/h4-5,7,11H,2-3,6H2,1H3,(H,17,18)(H,19,20). The fourth-order valence-corrected chi connectivity index (χ4v) is 2.90. The molecule has 0 spiro atoms. The van der Waals surface area contributed by atoms with Crippen LogP contribution in [0.25, 0.3) is 0 Å². The van der Waals surface area contributed by atoms with Crippen LogP contribution in [0.3, 0.4) is 0 Å². The number of nitrogens with one attached hydrogen (secondary N) is 1. The van der Waals surface area contributed by atoms with Gasteiger partial charge in [-0.3, -0.25) is 9.59 Å². The van der Waals surface area contributed by atoms with Crippen molar-refractivity contribution in [2.24, 2.45) is 5.41 Å². The van der Waals surface area contributed by atoms with Gasteiger partial charge < -0.3 is 10.4 Å². The molecule has 1 aliphatic rings. The number of rotatable bonds is 3. The second-order valence-electron chi connectivity index (χ2n) is 5.27. The summed E-state index contributed by atoms with van der Waals surface area (Å²) < 4.78 is 14.3.